The van der Waals surface area contributed by atoms with Crippen molar-refractivity contribution < 1.29 is 0 Å². The van der Waals surface area contributed by atoms with E-state index in [1.54, 1.807) is 0 Å². The van der Waals surface area contributed by atoms with Gasteiger partial charge < -0.3 is 9.88 Å². The number of nitrogens with zero attached hydrogens (tertiary/aromatic N) is 2. The summed E-state index contributed by atoms with van der Waals surface area (Å²) in [5.74, 6) is 2.22. The van der Waals surface area contributed by atoms with E-state index in [0.29, 0.717) is 6.04 Å². The molecule has 0 radical (unpaired) electrons. The first-order valence-electron chi connectivity index (χ1n) is 8.10. The summed E-state index contributed by atoms with van der Waals surface area (Å²) in [5, 5.41) is 3.46. The normalized spacial score (nSPS) is 21.6. The van der Waals surface area contributed by atoms with E-state index in [2.05, 4.69) is 23.7 Å². The molecule has 1 atom stereocenters. The van der Waals surface area contributed by atoms with Crippen LogP contribution in [-0.4, -0.2) is 16.1 Å². The Morgan fingerprint density at radius 1 is 1.37 bits per heavy atom. The molecular weight excluding hydrogens is 234 g/mol. The first-order valence-corrected chi connectivity index (χ1v) is 8.10. The number of rotatable bonds is 4. The molecule has 0 saturated heterocycles. The fraction of sp³-hybridized carbons (Fsp3) is 0.812. The van der Waals surface area contributed by atoms with Crippen molar-refractivity contribution in [3.05, 3.63) is 17.2 Å². The van der Waals surface area contributed by atoms with Gasteiger partial charge in [-0.3, -0.25) is 0 Å². The number of fused-ring (bicyclic) bond motifs is 1. The van der Waals surface area contributed by atoms with E-state index >= 15 is 0 Å². The Morgan fingerprint density at radius 3 is 2.89 bits per heavy atom. The minimum Gasteiger partial charge on any atom is -0.329 e. The molecule has 1 fully saturated rings. The summed E-state index contributed by atoms with van der Waals surface area (Å²) in [5.41, 5.74) is 2.85. The van der Waals surface area contributed by atoms with Crippen molar-refractivity contribution in [2.75, 3.05) is 6.54 Å². The van der Waals surface area contributed by atoms with Crippen LogP contribution in [0.4, 0.5) is 0 Å². The Balaban J connectivity index is 1.94. The lowest BCUT2D eigenvalue weighted by atomic mass is 9.98. The molecule has 0 amide bonds. The van der Waals surface area contributed by atoms with Gasteiger partial charge in [0.25, 0.3) is 0 Å². The molecule has 0 spiro atoms. The lowest BCUT2D eigenvalue weighted by molar-refractivity contribution is 0.342. The SMILES string of the molecule is CCCc1nc2c(n1C(C)C1CCCC1)CCNC2. The molecule has 3 heteroatoms. The molecule has 106 valence electrons. The van der Waals surface area contributed by atoms with Gasteiger partial charge >= 0.3 is 0 Å². The van der Waals surface area contributed by atoms with Gasteiger partial charge in [0.2, 0.25) is 0 Å². The first kappa shape index (κ1) is 13.2. The summed E-state index contributed by atoms with van der Waals surface area (Å²) >= 11 is 0. The first-order chi connectivity index (χ1) is 9.31. The van der Waals surface area contributed by atoms with E-state index in [1.807, 2.05) is 0 Å². The van der Waals surface area contributed by atoms with Crippen molar-refractivity contribution in [1.29, 1.82) is 0 Å². The van der Waals surface area contributed by atoms with Crippen LogP contribution in [0, 0.1) is 5.92 Å². The van der Waals surface area contributed by atoms with Crippen molar-refractivity contribution in [1.82, 2.24) is 14.9 Å². The maximum atomic E-state index is 4.93. The van der Waals surface area contributed by atoms with Crippen LogP contribution in [0.3, 0.4) is 0 Å². The number of aromatic nitrogens is 2. The Bertz CT molecular complexity index is 429. The molecule has 1 N–H and O–H groups in total. The Kier molecular flexibility index (Phi) is 3.92. The van der Waals surface area contributed by atoms with Gasteiger partial charge in [0, 0.05) is 37.7 Å². The second-order valence-corrected chi connectivity index (χ2v) is 6.25. The summed E-state index contributed by atoms with van der Waals surface area (Å²) in [6, 6.07) is 0.651. The minimum atomic E-state index is 0.651. The van der Waals surface area contributed by atoms with Crippen LogP contribution in [0.5, 0.6) is 0 Å². The van der Waals surface area contributed by atoms with Crippen LogP contribution in [0.1, 0.15) is 69.2 Å². The predicted octanol–water partition coefficient (Wildman–Crippen LogP) is 3.23. The third kappa shape index (κ3) is 2.45. The molecule has 2 aliphatic rings. The van der Waals surface area contributed by atoms with Crippen molar-refractivity contribution in [3.63, 3.8) is 0 Å². The van der Waals surface area contributed by atoms with E-state index in [0.717, 1.165) is 31.8 Å². The van der Waals surface area contributed by atoms with Gasteiger partial charge in [-0.15, -0.1) is 0 Å². The summed E-state index contributed by atoms with van der Waals surface area (Å²) in [6.07, 6.45) is 9.16. The van der Waals surface area contributed by atoms with Crippen LogP contribution in [0.15, 0.2) is 0 Å². The van der Waals surface area contributed by atoms with Gasteiger partial charge in [0.15, 0.2) is 0 Å². The van der Waals surface area contributed by atoms with Crippen LogP contribution in [0.25, 0.3) is 0 Å². The third-order valence-electron chi connectivity index (χ3n) is 4.96. The van der Waals surface area contributed by atoms with E-state index in [-0.39, 0.29) is 0 Å². The largest absolute Gasteiger partial charge is 0.329 e. The van der Waals surface area contributed by atoms with Gasteiger partial charge in [-0.1, -0.05) is 19.8 Å². The number of imidazole rings is 1. The Morgan fingerprint density at radius 2 is 2.16 bits per heavy atom. The molecule has 3 rings (SSSR count). The van der Waals surface area contributed by atoms with Crippen LogP contribution >= 0.6 is 0 Å². The minimum absolute atomic E-state index is 0.651. The standard InChI is InChI=1S/C16H27N3/c1-3-6-16-18-14-11-17-10-9-15(14)19(16)12(2)13-7-4-5-8-13/h12-13,17H,3-11H2,1-2H3. The summed E-state index contributed by atoms with van der Waals surface area (Å²) in [7, 11) is 0. The highest BCUT2D eigenvalue weighted by molar-refractivity contribution is 5.21. The van der Waals surface area contributed by atoms with Crippen molar-refractivity contribution in [3.8, 4) is 0 Å². The summed E-state index contributed by atoms with van der Waals surface area (Å²) in [4.78, 5) is 4.93. The second-order valence-electron chi connectivity index (χ2n) is 6.25. The fourth-order valence-electron chi connectivity index (χ4n) is 3.92. The zero-order chi connectivity index (χ0) is 13.2. The van der Waals surface area contributed by atoms with Gasteiger partial charge in [-0.2, -0.15) is 0 Å². The van der Waals surface area contributed by atoms with Crippen molar-refractivity contribution in [2.45, 2.75) is 71.4 Å². The zero-order valence-electron chi connectivity index (χ0n) is 12.4. The van der Waals surface area contributed by atoms with E-state index < -0.39 is 0 Å². The maximum absolute atomic E-state index is 4.93. The van der Waals surface area contributed by atoms with Crippen molar-refractivity contribution >= 4 is 0 Å². The molecule has 1 aromatic heterocycles. The second kappa shape index (κ2) is 5.66. The maximum Gasteiger partial charge on any atom is 0.109 e. The molecule has 0 bridgehead atoms. The average molecular weight is 261 g/mol. The highest BCUT2D eigenvalue weighted by Crippen LogP contribution is 2.36. The van der Waals surface area contributed by atoms with Gasteiger partial charge in [0.1, 0.15) is 5.82 Å². The lowest BCUT2D eigenvalue weighted by Crippen LogP contribution is -2.27. The molecule has 1 aliphatic heterocycles. The smallest absolute Gasteiger partial charge is 0.109 e. The highest BCUT2D eigenvalue weighted by Gasteiger charge is 2.28. The Labute approximate surface area is 116 Å². The zero-order valence-corrected chi connectivity index (χ0v) is 12.4. The third-order valence-corrected chi connectivity index (χ3v) is 4.96. The fourth-order valence-corrected chi connectivity index (χ4v) is 3.92. The summed E-state index contributed by atoms with van der Waals surface area (Å²) in [6.45, 7) is 6.77. The number of aryl methyl sites for hydroxylation is 1. The monoisotopic (exact) mass is 261 g/mol. The molecule has 0 aromatic carbocycles. The van der Waals surface area contributed by atoms with Crippen molar-refractivity contribution in [2.24, 2.45) is 5.92 Å². The lowest BCUT2D eigenvalue weighted by Gasteiger charge is -2.26. The highest BCUT2D eigenvalue weighted by atomic mass is 15.1. The molecule has 1 saturated carbocycles. The quantitative estimate of drug-likeness (QED) is 0.902. The number of hydrogen-bond acceptors (Lipinski definition) is 2. The van der Waals surface area contributed by atoms with Crippen LogP contribution in [0.2, 0.25) is 0 Å². The topological polar surface area (TPSA) is 29.9 Å². The van der Waals surface area contributed by atoms with Crippen LogP contribution in [-0.2, 0) is 19.4 Å². The van der Waals surface area contributed by atoms with E-state index in [4.69, 9.17) is 4.98 Å². The Hall–Kier alpha value is -0.830. The number of hydrogen-bond donors (Lipinski definition) is 1. The molecule has 1 unspecified atom stereocenters. The molecule has 19 heavy (non-hydrogen) atoms. The average Bonchev–Trinajstić information content (AvgIpc) is 3.06. The molecule has 1 aliphatic carbocycles. The van der Waals surface area contributed by atoms with E-state index in [1.165, 1.54) is 49.3 Å². The molecular formula is C16H27N3. The van der Waals surface area contributed by atoms with Gasteiger partial charge in [-0.25, -0.2) is 4.98 Å². The van der Waals surface area contributed by atoms with Gasteiger partial charge in [0.05, 0.1) is 5.69 Å². The predicted molar refractivity (Wildman–Crippen MR) is 78.3 cm³/mol. The summed E-state index contributed by atoms with van der Waals surface area (Å²) < 4.78 is 2.62. The molecule has 2 heterocycles. The molecule has 1 aromatic rings. The number of nitrogens with one attached hydrogen (secondary N) is 1. The van der Waals surface area contributed by atoms with Crippen LogP contribution < -0.4 is 5.32 Å². The molecule has 3 nitrogen and oxygen atoms in total. The van der Waals surface area contributed by atoms with E-state index in [9.17, 15) is 0 Å². The van der Waals surface area contributed by atoms with Gasteiger partial charge in [-0.05, 0) is 32.1 Å².